The Kier molecular flexibility index (Phi) is 6.59. The van der Waals surface area contributed by atoms with E-state index in [0.717, 1.165) is 50.1 Å². The molecule has 4 N–H and O–H groups in total. The highest BCUT2D eigenvalue weighted by Crippen LogP contribution is 2.25. The number of carbonyl (C=O) groups is 1. The van der Waals surface area contributed by atoms with Gasteiger partial charge in [0.15, 0.2) is 0 Å². The second kappa shape index (κ2) is 9.73. The Labute approximate surface area is 187 Å². The standard InChI is InChI=1S/C27H27N3O2/c1-18-11-23(17-31)25-10-4-8-22(27(25)29-18)13-20-6-3-9-24(14-20)30-26(32)15-19-5-2-7-21(12-19)16-28/h2-12,14,31H,13,15-17,28H2,1H3,(H,30,32). The van der Waals surface area contributed by atoms with Crippen molar-refractivity contribution in [2.75, 3.05) is 5.32 Å². The number of anilines is 1. The second-order valence-electron chi connectivity index (χ2n) is 8.02. The number of nitrogens with one attached hydrogen (secondary N) is 1. The number of para-hydroxylation sites is 1. The molecule has 3 aromatic carbocycles. The largest absolute Gasteiger partial charge is 0.392 e. The van der Waals surface area contributed by atoms with Crippen molar-refractivity contribution in [3.63, 3.8) is 0 Å². The van der Waals surface area contributed by atoms with Crippen molar-refractivity contribution in [1.29, 1.82) is 0 Å². The van der Waals surface area contributed by atoms with Crippen LogP contribution in [0.1, 0.15) is 33.5 Å². The minimum atomic E-state index is -0.0636. The second-order valence-corrected chi connectivity index (χ2v) is 8.02. The zero-order valence-electron chi connectivity index (χ0n) is 18.1. The maximum absolute atomic E-state index is 12.6. The molecule has 0 aliphatic carbocycles. The van der Waals surface area contributed by atoms with E-state index in [2.05, 4.69) is 11.4 Å². The van der Waals surface area contributed by atoms with Crippen LogP contribution >= 0.6 is 0 Å². The topological polar surface area (TPSA) is 88.2 Å². The molecule has 0 atom stereocenters. The van der Waals surface area contributed by atoms with E-state index in [9.17, 15) is 9.90 Å². The van der Waals surface area contributed by atoms with Crippen LogP contribution in [-0.2, 0) is 30.8 Å². The van der Waals surface area contributed by atoms with E-state index in [-0.39, 0.29) is 12.5 Å². The third kappa shape index (κ3) is 5.02. The predicted molar refractivity (Wildman–Crippen MR) is 128 cm³/mol. The molecule has 1 aromatic heterocycles. The highest BCUT2D eigenvalue weighted by Gasteiger charge is 2.10. The van der Waals surface area contributed by atoms with Crippen LogP contribution in [0.15, 0.2) is 72.8 Å². The van der Waals surface area contributed by atoms with E-state index in [4.69, 9.17) is 10.7 Å². The predicted octanol–water partition coefficient (Wildman–Crippen LogP) is 4.27. The minimum Gasteiger partial charge on any atom is -0.392 e. The zero-order chi connectivity index (χ0) is 22.5. The van der Waals surface area contributed by atoms with Crippen molar-refractivity contribution in [3.8, 4) is 0 Å². The summed E-state index contributed by atoms with van der Waals surface area (Å²) in [6, 6.07) is 23.6. The average Bonchev–Trinajstić information content (AvgIpc) is 2.79. The van der Waals surface area contributed by atoms with E-state index in [0.29, 0.717) is 19.4 Å². The van der Waals surface area contributed by atoms with Gasteiger partial charge in [-0.2, -0.15) is 0 Å². The van der Waals surface area contributed by atoms with Gasteiger partial charge in [0.1, 0.15) is 0 Å². The highest BCUT2D eigenvalue weighted by molar-refractivity contribution is 5.92. The molecular weight excluding hydrogens is 398 g/mol. The van der Waals surface area contributed by atoms with Crippen molar-refractivity contribution < 1.29 is 9.90 Å². The first-order valence-electron chi connectivity index (χ1n) is 10.7. The average molecular weight is 426 g/mol. The van der Waals surface area contributed by atoms with Crippen LogP contribution in [0.5, 0.6) is 0 Å². The van der Waals surface area contributed by atoms with Crippen LogP contribution < -0.4 is 11.1 Å². The van der Waals surface area contributed by atoms with E-state index in [1.54, 1.807) is 0 Å². The Morgan fingerprint density at radius 3 is 2.50 bits per heavy atom. The molecule has 0 radical (unpaired) electrons. The number of rotatable bonds is 7. The number of fused-ring (bicyclic) bond motifs is 1. The summed E-state index contributed by atoms with van der Waals surface area (Å²) in [6.07, 6.45) is 0.982. The molecule has 0 saturated carbocycles. The number of hydrogen-bond acceptors (Lipinski definition) is 4. The molecule has 0 saturated heterocycles. The third-order valence-electron chi connectivity index (χ3n) is 5.50. The number of nitrogens with zero attached hydrogens (tertiary/aromatic N) is 1. The monoisotopic (exact) mass is 425 g/mol. The number of aliphatic hydroxyl groups excluding tert-OH is 1. The fourth-order valence-electron chi connectivity index (χ4n) is 4.03. The lowest BCUT2D eigenvalue weighted by Gasteiger charge is -2.11. The van der Waals surface area contributed by atoms with Gasteiger partial charge in [-0.25, -0.2) is 0 Å². The Morgan fingerprint density at radius 1 is 0.938 bits per heavy atom. The Bertz CT molecular complexity index is 1270. The quantitative estimate of drug-likeness (QED) is 0.413. The number of carbonyl (C=O) groups excluding carboxylic acids is 1. The maximum Gasteiger partial charge on any atom is 0.228 e. The Balaban J connectivity index is 1.52. The summed E-state index contributed by atoms with van der Waals surface area (Å²) in [5, 5.41) is 13.7. The summed E-state index contributed by atoms with van der Waals surface area (Å²) in [6.45, 7) is 2.38. The normalized spacial score (nSPS) is 11.0. The first-order valence-corrected chi connectivity index (χ1v) is 10.7. The fourth-order valence-corrected chi connectivity index (χ4v) is 4.03. The molecule has 1 heterocycles. The highest BCUT2D eigenvalue weighted by atomic mass is 16.3. The molecule has 0 spiro atoms. The summed E-state index contributed by atoms with van der Waals surface area (Å²) in [4.78, 5) is 17.3. The zero-order valence-corrected chi connectivity index (χ0v) is 18.1. The number of aromatic nitrogens is 1. The van der Waals surface area contributed by atoms with Crippen molar-refractivity contribution in [3.05, 3.63) is 106 Å². The van der Waals surface area contributed by atoms with E-state index in [1.165, 1.54) is 0 Å². The number of aryl methyl sites for hydroxylation is 1. The number of aliphatic hydroxyl groups is 1. The molecule has 32 heavy (non-hydrogen) atoms. The van der Waals surface area contributed by atoms with Crippen LogP contribution in [0.4, 0.5) is 5.69 Å². The van der Waals surface area contributed by atoms with E-state index in [1.807, 2.05) is 73.7 Å². The van der Waals surface area contributed by atoms with Crippen LogP contribution in [0, 0.1) is 6.92 Å². The number of hydrogen-bond donors (Lipinski definition) is 3. The molecule has 4 aromatic rings. The molecule has 5 heteroatoms. The van der Waals surface area contributed by atoms with Gasteiger partial charge in [-0.05, 0) is 59.4 Å². The molecule has 0 aliphatic heterocycles. The lowest BCUT2D eigenvalue weighted by molar-refractivity contribution is -0.115. The van der Waals surface area contributed by atoms with Crippen LogP contribution in [0.3, 0.4) is 0 Å². The molecule has 0 aliphatic rings. The van der Waals surface area contributed by atoms with E-state index < -0.39 is 0 Å². The molecule has 5 nitrogen and oxygen atoms in total. The molecule has 1 amide bonds. The van der Waals surface area contributed by atoms with Gasteiger partial charge in [-0.3, -0.25) is 9.78 Å². The first kappa shape index (κ1) is 21.7. The molecule has 0 fully saturated rings. The summed E-state index contributed by atoms with van der Waals surface area (Å²) < 4.78 is 0. The van der Waals surface area contributed by atoms with Gasteiger partial charge in [0.2, 0.25) is 5.91 Å². The van der Waals surface area contributed by atoms with Crippen molar-refractivity contribution in [2.24, 2.45) is 5.73 Å². The summed E-state index contributed by atoms with van der Waals surface area (Å²) in [7, 11) is 0. The lowest BCUT2D eigenvalue weighted by Crippen LogP contribution is -2.14. The van der Waals surface area contributed by atoms with Crippen molar-refractivity contribution in [1.82, 2.24) is 4.98 Å². The van der Waals surface area contributed by atoms with Gasteiger partial charge >= 0.3 is 0 Å². The van der Waals surface area contributed by atoms with E-state index >= 15 is 0 Å². The van der Waals surface area contributed by atoms with Gasteiger partial charge in [-0.15, -0.1) is 0 Å². The number of amides is 1. The third-order valence-corrected chi connectivity index (χ3v) is 5.50. The first-order chi connectivity index (χ1) is 15.6. The summed E-state index contributed by atoms with van der Waals surface area (Å²) in [5.74, 6) is -0.0636. The molecule has 162 valence electrons. The molecule has 0 unspecified atom stereocenters. The SMILES string of the molecule is Cc1cc(CO)c2cccc(Cc3cccc(NC(=O)Cc4cccc(CN)c4)c3)c2n1. The Morgan fingerprint density at radius 2 is 1.69 bits per heavy atom. The van der Waals surface area contributed by atoms with Crippen molar-refractivity contribution in [2.45, 2.75) is 32.9 Å². The molecular formula is C27H27N3O2. The smallest absolute Gasteiger partial charge is 0.228 e. The maximum atomic E-state index is 12.6. The number of nitrogens with two attached hydrogens (primary N) is 1. The van der Waals surface area contributed by atoms with Gasteiger partial charge in [-0.1, -0.05) is 54.6 Å². The summed E-state index contributed by atoms with van der Waals surface area (Å²) >= 11 is 0. The van der Waals surface area contributed by atoms with Gasteiger partial charge in [0.05, 0.1) is 18.5 Å². The van der Waals surface area contributed by atoms with Crippen LogP contribution in [0.25, 0.3) is 10.9 Å². The Hall–Kier alpha value is -3.54. The fraction of sp³-hybridized carbons (Fsp3) is 0.185. The number of benzene rings is 3. The van der Waals surface area contributed by atoms with Crippen LogP contribution in [-0.4, -0.2) is 16.0 Å². The molecule has 4 rings (SSSR count). The van der Waals surface area contributed by atoms with Gasteiger partial charge in [0.25, 0.3) is 0 Å². The lowest BCUT2D eigenvalue weighted by atomic mass is 9.99. The minimum absolute atomic E-state index is 0.0149. The van der Waals surface area contributed by atoms with Gasteiger partial charge < -0.3 is 16.2 Å². The summed E-state index contributed by atoms with van der Waals surface area (Å²) in [5.41, 5.74) is 13.3. The molecule has 0 bridgehead atoms. The van der Waals surface area contributed by atoms with Gasteiger partial charge in [0, 0.05) is 23.3 Å². The number of pyridine rings is 1. The van der Waals surface area contributed by atoms with Crippen molar-refractivity contribution >= 4 is 22.5 Å². The van der Waals surface area contributed by atoms with Crippen LogP contribution in [0.2, 0.25) is 0 Å².